The van der Waals surface area contributed by atoms with Crippen LogP contribution in [0.15, 0.2) is 48.6 Å². The average Bonchev–Trinajstić information content (AvgIpc) is 2.58. The van der Waals surface area contributed by atoms with E-state index in [0.29, 0.717) is 11.8 Å². The lowest BCUT2D eigenvalue weighted by atomic mass is 9.79. The van der Waals surface area contributed by atoms with Crippen LogP contribution in [0.2, 0.25) is 0 Å². The number of ether oxygens (including phenoxy) is 1. The summed E-state index contributed by atoms with van der Waals surface area (Å²) < 4.78 is 40.3. The third kappa shape index (κ3) is 7.47. The van der Waals surface area contributed by atoms with Crippen molar-refractivity contribution < 1.29 is 17.9 Å². The smallest absolute Gasteiger partial charge is 0.406 e. The molecular formula is C20H22F3NO. The van der Waals surface area contributed by atoms with Gasteiger partial charge in [-0.1, -0.05) is 30.4 Å². The van der Waals surface area contributed by atoms with E-state index in [-0.39, 0.29) is 5.75 Å². The molecule has 1 saturated carbocycles. The number of hydrogen-bond donors (Lipinski definition) is 0. The summed E-state index contributed by atoms with van der Waals surface area (Å²) in [5, 5.41) is 8.43. The van der Waals surface area contributed by atoms with E-state index in [1.54, 1.807) is 18.2 Å². The summed E-state index contributed by atoms with van der Waals surface area (Å²) in [5.41, 5.74) is 1.04. The molecule has 1 aliphatic rings. The van der Waals surface area contributed by atoms with Gasteiger partial charge in [0.1, 0.15) is 5.75 Å². The third-order valence-electron chi connectivity index (χ3n) is 4.55. The molecule has 134 valence electrons. The molecule has 25 heavy (non-hydrogen) atoms. The third-order valence-corrected chi connectivity index (χ3v) is 4.55. The maximum Gasteiger partial charge on any atom is 0.573 e. The summed E-state index contributed by atoms with van der Waals surface area (Å²) in [4.78, 5) is 0. The van der Waals surface area contributed by atoms with Crippen LogP contribution in [0.25, 0.3) is 0 Å². The molecule has 0 atom stereocenters. The zero-order valence-corrected chi connectivity index (χ0v) is 14.0. The Hall–Kier alpha value is -2.22. The maximum absolute atomic E-state index is 12.1. The minimum atomic E-state index is -4.64. The molecule has 1 aliphatic carbocycles. The lowest BCUT2D eigenvalue weighted by Crippen LogP contribution is -2.17. The van der Waals surface area contributed by atoms with Crippen molar-refractivity contribution in [2.24, 2.45) is 11.8 Å². The van der Waals surface area contributed by atoms with E-state index in [1.165, 1.54) is 31.1 Å². The van der Waals surface area contributed by atoms with Crippen molar-refractivity contribution in [2.75, 3.05) is 0 Å². The van der Waals surface area contributed by atoms with Crippen molar-refractivity contribution >= 4 is 0 Å². The number of hydrogen-bond acceptors (Lipinski definition) is 2. The van der Waals surface area contributed by atoms with Crippen molar-refractivity contribution in [3.8, 4) is 11.8 Å². The molecule has 2 rings (SSSR count). The fourth-order valence-corrected chi connectivity index (χ4v) is 3.22. The molecule has 0 heterocycles. The maximum atomic E-state index is 12.1. The van der Waals surface area contributed by atoms with Gasteiger partial charge in [-0.15, -0.1) is 13.2 Å². The van der Waals surface area contributed by atoms with Crippen molar-refractivity contribution in [3.05, 3.63) is 54.1 Å². The molecule has 0 aromatic heterocycles. The average molecular weight is 349 g/mol. The molecule has 5 heteroatoms. The fraction of sp³-hybridized carbons (Fsp3) is 0.450. The first kappa shape index (κ1) is 19.1. The van der Waals surface area contributed by atoms with Gasteiger partial charge < -0.3 is 4.74 Å². The number of allylic oxidation sites excluding steroid dienone is 4. The first-order chi connectivity index (χ1) is 12.0. The van der Waals surface area contributed by atoms with E-state index < -0.39 is 6.36 Å². The van der Waals surface area contributed by atoms with Gasteiger partial charge in [0.25, 0.3) is 0 Å². The highest BCUT2D eigenvalue weighted by molar-refractivity contribution is 5.27. The molecule has 0 spiro atoms. The monoisotopic (exact) mass is 349 g/mol. The van der Waals surface area contributed by atoms with Gasteiger partial charge in [0.2, 0.25) is 0 Å². The normalized spacial score (nSPS) is 21.5. The van der Waals surface area contributed by atoms with Crippen molar-refractivity contribution in [1.82, 2.24) is 0 Å². The Morgan fingerprint density at radius 1 is 1.08 bits per heavy atom. The fourth-order valence-electron chi connectivity index (χ4n) is 3.22. The summed E-state index contributed by atoms with van der Waals surface area (Å²) in [5.74, 6) is 1.08. The highest BCUT2D eigenvalue weighted by atomic mass is 19.4. The number of halogens is 3. The van der Waals surface area contributed by atoms with Crippen LogP contribution in [0.3, 0.4) is 0 Å². The predicted octanol–water partition coefficient (Wildman–Crippen LogP) is 5.96. The molecule has 1 aromatic carbocycles. The summed E-state index contributed by atoms with van der Waals surface area (Å²) in [7, 11) is 0. The van der Waals surface area contributed by atoms with Crippen molar-refractivity contribution in [1.29, 1.82) is 5.26 Å². The zero-order chi connectivity index (χ0) is 18.1. The van der Waals surface area contributed by atoms with Crippen molar-refractivity contribution in [3.63, 3.8) is 0 Å². The van der Waals surface area contributed by atoms with Crippen LogP contribution in [0.5, 0.6) is 5.75 Å². The molecule has 2 nitrogen and oxygen atoms in total. The molecular weight excluding hydrogens is 327 g/mol. The van der Waals surface area contributed by atoms with Crippen LogP contribution in [0.1, 0.15) is 37.7 Å². The highest BCUT2D eigenvalue weighted by Crippen LogP contribution is 2.32. The lowest BCUT2D eigenvalue weighted by molar-refractivity contribution is -0.274. The minimum Gasteiger partial charge on any atom is -0.406 e. The second-order valence-electron chi connectivity index (χ2n) is 6.38. The molecule has 0 bridgehead atoms. The number of benzene rings is 1. The van der Waals surface area contributed by atoms with Gasteiger partial charge in [-0.25, -0.2) is 0 Å². The Balaban J connectivity index is 1.71. The quantitative estimate of drug-likeness (QED) is 0.469. The minimum absolute atomic E-state index is 0.172. The van der Waals surface area contributed by atoms with Crippen molar-refractivity contribution in [2.45, 2.75) is 44.9 Å². The highest BCUT2D eigenvalue weighted by Gasteiger charge is 2.30. The van der Waals surface area contributed by atoms with E-state index in [1.807, 2.05) is 12.1 Å². The van der Waals surface area contributed by atoms with E-state index in [9.17, 15) is 13.2 Å². The van der Waals surface area contributed by atoms with E-state index in [4.69, 9.17) is 5.26 Å². The van der Waals surface area contributed by atoms with Crippen LogP contribution < -0.4 is 4.74 Å². The van der Waals surface area contributed by atoms with Crippen LogP contribution in [-0.2, 0) is 6.42 Å². The Morgan fingerprint density at radius 2 is 1.76 bits per heavy atom. The lowest BCUT2D eigenvalue weighted by Gasteiger charge is -2.26. The first-order valence-corrected chi connectivity index (χ1v) is 8.54. The van der Waals surface area contributed by atoms with Gasteiger partial charge in [-0.3, -0.25) is 0 Å². The predicted molar refractivity (Wildman–Crippen MR) is 90.8 cm³/mol. The van der Waals surface area contributed by atoms with Gasteiger partial charge in [-0.05, 0) is 68.1 Å². The van der Waals surface area contributed by atoms with Crippen LogP contribution in [0, 0.1) is 23.2 Å². The van der Waals surface area contributed by atoms with Crippen LogP contribution in [-0.4, -0.2) is 6.36 Å². The van der Waals surface area contributed by atoms with E-state index >= 15 is 0 Å². The topological polar surface area (TPSA) is 33.0 Å². The molecule has 0 unspecified atom stereocenters. The number of rotatable bonds is 6. The largest absolute Gasteiger partial charge is 0.573 e. The molecule has 0 amide bonds. The van der Waals surface area contributed by atoms with Gasteiger partial charge in [0.05, 0.1) is 6.07 Å². The zero-order valence-electron chi connectivity index (χ0n) is 14.0. The second-order valence-corrected chi connectivity index (χ2v) is 6.38. The van der Waals surface area contributed by atoms with Gasteiger partial charge >= 0.3 is 6.36 Å². The second kappa shape index (κ2) is 9.31. The number of nitrogens with zero attached hydrogens (tertiary/aromatic N) is 1. The van der Waals surface area contributed by atoms with E-state index in [2.05, 4.69) is 10.8 Å². The molecule has 0 radical (unpaired) electrons. The molecule has 1 fully saturated rings. The molecule has 0 N–H and O–H groups in total. The Bertz CT molecular complexity index is 618. The standard InChI is InChI=1S/C20H22F3NO/c21-20(22,23)25-19-13-11-18(12-14-19)10-9-17-7-5-16(6-8-17)4-2-1-3-15-24/h1-4,11-14,16-17H,5-10H2/t16-,17-. The van der Waals surface area contributed by atoms with Gasteiger partial charge in [0.15, 0.2) is 0 Å². The Labute approximate surface area is 146 Å². The van der Waals surface area contributed by atoms with Gasteiger partial charge in [0, 0.05) is 6.08 Å². The van der Waals surface area contributed by atoms with Gasteiger partial charge in [-0.2, -0.15) is 5.26 Å². The Kier molecular flexibility index (Phi) is 7.12. The Morgan fingerprint density at radius 3 is 2.36 bits per heavy atom. The first-order valence-electron chi connectivity index (χ1n) is 8.54. The number of alkyl halides is 3. The summed E-state index contributed by atoms with van der Waals surface area (Å²) in [6, 6.07) is 8.12. The SMILES string of the molecule is N#CC=CC=C[C@H]1CC[C@H](CCc2ccc(OC(F)(F)F)cc2)CC1. The molecule has 0 saturated heterocycles. The van der Waals surface area contributed by atoms with Crippen LogP contribution >= 0.6 is 0 Å². The van der Waals surface area contributed by atoms with E-state index in [0.717, 1.165) is 31.2 Å². The summed E-state index contributed by atoms with van der Waals surface area (Å²) in [6.45, 7) is 0. The van der Waals surface area contributed by atoms with Crippen LogP contribution in [0.4, 0.5) is 13.2 Å². The summed E-state index contributed by atoms with van der Waals surface area (Å²) >= 11 is 0. The molecule has 1 aromatic rings. The molecule has 0 aliphatic heterocycles. The number of nitriles is 1. The number of aryl methyl sites for hydroxylation is 1. The summed E-state index contributed by atoms with van der Waals surface area (Å²) in [6.07, 6.45) is 9.29.